The number of nitrogens with zero attached hydrogens (tertiary/aromatic N) is 1. The Bertz CT molecular complexity index is 1140. The van der Waals surface area contributed by atoms with Crippen LogP contribution >= 0.6 is 0 Å². The minimum Gasteiger partial charge on any atom is -0.497 e. The summed E-state index contributed by atoms with van der Waals surface area (Å²) in [6.07, 6.45) is 1.50. The first-order valence-corrected chi connectivity index (χ1v) is 13.9. The van der Waals surface area contributed by atoms with Gasteiger partial charge in [0.25, 0.3) is 5.91 Å². The Morgan fingerprint density at radius 2 is 1.66 bits per heavy atom. The number of amides is 1. The highest BCUT2D eigenvalue weighted by molar-refractivity contribution is 6.88. The Morgan fingerprint density at radius 1 is 1.03 bits per heavy atom. The van der Waals surface area contributed by atoms with Crippen molar-refractivity contribution in [2.45, 2.75) is 32.1 Å². The summed E-state index contributed by atoms with van der Waals surface area (Å²) >= 11 is 0. The second-order valence-corrected chi connectivity index (χ2v) is 13.9. The second-order valence-electron chi connectivity index (χ2n) is 8.84. The number of ketones is 1. The third-order valence-electron chi connectivity index (χ3n) is 5.47. The van der Waals surface area contributed by atoms with Gasteiger partial charge < -0.3 is 19.6 Å². The van der Waals surface area contributed by atoms with Gasteiger partial charge in [0.2, 0.25) is 0 Å². The lowest BCUT2D eigenvalue weighted by Gasteiger charge is -2.27. The van der Waals surface area contributed by atoms with Crippen LogP contribution in [0, 0.1) is 0 Å². The fourth-order valence-electron chi connectivity index (χ4n) is 3.59. The molecule has 0 aliphatic carbocycles. The van der Waals surface area contributed by atoms with Gasteiger partial charge in [0, 0.05) is 19.7 Å². The maximum absolute atomic E-state index is 13.4. The van der Waals surface area contributed by atoms with Crippen LogP contribution in [0.15, 0.2) is 59.5 Å². The van der Waals surface area contributed by atoms with E-state index >= 15 is 0 Å². The summed E-state index contributed by atoms with van der Waals surface area (Å²) in [5, 5.41) is 1.32. The molecule has 3 aromatic rings. The van der Waals surface area contributed by atoms with E-state index in [4.69, 9.17) is 4.74 Å². The highest BCUT2D eigenvalue weighted by Crippen LogP contribution is 2.26. The molecule has 2 aromatic carbocycles. The molecule has 0 saturated carbocycles. The Balaban J connectivity index is 1.91. The molecule has 0 fully saturated rings. The van der Waals surface area contributed by atoms with Crippen molar-refractivity contribution in [3.05, 3.63) is 82.0 Å². The number of carbonyl (C=O) groups excluding carboxylic acids is 2. The van der Waals surface area contributed by atoms with Crippen LogP contribution in [0.3, 0.4) is 0 Å². The normalized spacial score (nSPS) is 12.3. The molecule has 0 radical (unpaired) electrons. The van der Waals surface area contributed by atoms with Crippen LogP contribution in [0.1, 0.15) is 27.7 Å². The lowest BCUT2D eigenvalue weighted by atomic mass is 9.96. The van der Waals surface area contributed by atoms with Crippen LogP contribution in [-0.4, -0.2) is 48.8 Å². The van der Waals surface area contributed by atoms with Crippen molar-refractivity contribution in [1.82, 2.24) is 14.9 Å². The highest BCUT2D eigenvalue weighted by Gasteiger charge is 2.30. The van der Waals surface area contributed by atoms with Crippen LogP contribution in [0.25, 0.3) is 0 Å². The fraction of sp³-hybridized carbons (Fsp3) is 0.292. The van der Waals surface area contributed by atoms with Crippen molar-refractivity contribution < 1.29 is 14.3 Å². The van der Waals surface area contributed by atoms with E-state index < -0.39 is 25.7 Å². The van der Waals surface area contributed by atoms with E-state index in [2.05, 4.69) is 41.7 Å². The number of rotatable bonds is 8. The fourth-order valence-corrected chi connectivity index (χ4v) is 4.75. The van der Waals surface area contributed by atoms with Crippen LogP contribution < -0.4 is 15.6 Å². The standard InChI is InChI=1S/C24H29N3O4Si/c1-27(23(29)20-15-25-24(30)26-20)22(17-8-10-18(31-2)11-9-17)21(28)14-16-6-12-19(13-7-16)32(3,4)5/h6-13,15,22H,14H2,1-5H3,(H2,25,26,30). The number of Topliss-reactive ketones (excluding diaryl/α,β-unsaturated/α-hetero) is 1. The van der Waals surface area contributed by atoms with E-state index in [9.17, 15) is 14.4 Å². The summed E-state index contributed by atoms with van der Waals surface area (Å²) in [5.41, 5.74) is 1.19. The maximum atomic E-state index is 13.4. The van der Waals surface area contributed by atoms with Gasteiger partial charge in [-0.3, -0.25) is 9.59 Å². The van der Waals surface area contributed by atoms with Crippen molar-refractivity contribution in [2.24, 2.45) is 0 Å². The van der Waals surface area contributed by atoms with Gasteiger partial charge >= 0.3 is 5.69 Å². The zero-order chi connectivity index (χ0) is 23.5. The van der Waals surface area contributed by atoms with Crippen molar-refractivity contribution in [1.29, 1.82) is 0 Å². The molecule has 1 atom stereocenters. The molecule has 1 aromatic heterocycles. The van der Waals surface area contributed by atoms with Crippen LogP contribution in [-0.2, 0) is 11.2 Å². The first-order valence-electron chi connectivity index (χ1n) is 10.4. The van der Waals surface area contributed by atoms with Crippen molar-refractivity contribution >= 4 is 25.0 Å². The SMILES string of the molecule is COc1ccc(C(C(=O)Cc2ccc([Si](C)(C)C)cc2)N(C)C(=O)c2c[nH]c(=O)[nH]2)cc1. The number of hydrogen-bond acceptors (Lipinski definition) is 4. The lowest BCUT2D eigenvalue weighted by molar-refractivity contribution is -0.122. The first kappa shape index (κ1) is 23.3. The van der Waals surface area contributed by atoms with Crippen molar-refractivity contribution in [3.8, 4) is 5.75 Å². The van der Waals surface area contributed by atoms with E-state index in [1.54, 1.807) is 38.4 Å². The molecule has 32 heavy (non-hydrogen) atoms. The zero-order valence-electron chi connectivity index (χ0n) is 19.1. The van der Waals surface area contributed by atoms with Gasteiger partial charge in [-0.2, -0.15) is 0 Å². The average molecular weight is 452 g/mol. The topological polar surface area (TPSA) is 95.3 Å². The van der Waals surface area contributed by atoms with E-state index in [1.165, 1.54) is 16.3 Å². The number of imidazole rings is 1. The Labute approximate surface area is 188 Å². The number of hydrogen-bond donors (Lipinski definition) is 2. The number of methoxy groups -OCH3 is 1. The van der Waals surface area contributed by atoms with Crippen LogP contribution in [0.5, 0.6) is 5.75 Å². The number of aromatic nitrogens is 2. The molecule has 0 spiro atoms. The molecule has 0 aliphatic heterocycles. The molecule has 2 N–H and O–H groups in total. The number of aromatic amines is 2. The average Bonchev–Trinajstić information content (AvgIpc) is 3.19. The summed E-state index contributed by atoms with van der Waals surface area (Å²) in [5.74, 6) is 0.0853. The van der Waals surface area contributed by atoms with Crippen molar-refractivity contribution in [3.63, 3.8) is 0 Å². The van der Waals surface area contributed by atoms with Crippen LogP contribution in [0.2, 0.25) is 19.6 Å². The summed E-state index contributed by atoms with van der Waals surface area (Å²) in [7, 11) is 1.70. The molecule has 0 bridgehead atoms. The minimum absolute atomic E-state index is 0.100. The molecule has 0 saturated heterocycles. The third-order valence-corrected chi connectivity index (χ3v) is 7.53. The van der Waals surface area contributed by atoms with Gasteiger partial charge in [-0.1, -0.05) is 61.2 Å². The smallest absolute Gasteiger partial charge is 0.323 e. The van der Waals surface area contributed by atoms with Crippen LogP contribution in [0.4, 0.5) is 0 Å². The molecule has 3 rings (SSSR count). The van der Waals surface area contributed by atoms with E-state index in [1.807, 2.05) is 12.1 Å². The predicted octanol–water partition coefficient (Wildman–Crippen LogP) is 2.88. The molecule has 168 valence electrons. The zero-order valence-corrected chi connectivity index (χ0v) is 20.1. The largest absolute Gasteiger partial charge is 0.497 e. The number of likely N-dealkylation sites (N-methyl/N-ethyl adjacent to an activating group) is 1. The second kappa shape index (κ2) is 9.40. The molecule has 0 aliphatic rings. The van der Waals surface area contributed by atoms with Gasteiger partial charge in [-0.25, -0.2) is 4.79 Å². The number of nitrogens with one attached hydrogen (secondary N) is 2. The Morgan fingerprint density at radius 3 is 2.16 bits per heavy atom. The quantitative estimate of drug-likeness (QED) is 0.515. The molecular formula is C24H29N3O4Si. The summed E-state index contributed by atoms with van der Waals surface area (Å²) in [6.45, 7) is 6.83. The summed E-state index contributed by atoms with van der Waals surface area (Å²) in [4.78, 5) is 44.1. The predicted molar refractivity (Wildman–Crippen MR) is 127 cm³/mol. The number of carbonyl (C=O) groups is 2. The number of ether oxygens (including phenoxy) is 1. The highest BCUT2D eigenvalue weighted by atomic mass is 28.3. The monoisotopic (exact) mass is 451 g/mol. The number of H-pyrrole nitrogens is 2. The first-order chi connectivity index (χ1) is 15.1. The van der Waals surface area contributed by atoms with Gasteiger partial charge in [0.05, 0.1) is 15.2 Å². The van der Waals surface area contributed by atoms with Gasteiger partial charge in [-0.05, 0) is 23.3 Å². The Hall–Kier alpha value is -3.39. The summed E-state index contributed by atoms with van der Waals surface area (Å²) in [6, 6.07) is 14.4. The molecular weight excluding hydrogens is 422 g/mol. The summed E-state index contributed by atoms with van der Waals surface area (Å²) < 4.78 is 5.22. The van der Waals surface area contributed by atoms with Crippen molar-refractivity contribution in [2.75, 3.05) is 14.2 Å². The number of benzene rings is 2. The van der Waals surface area contributed by atoms with E-state index in [0.717, 1.165) is 5.56 Å². The minimum atomic E-state index is -1.43. The molecule has 7 nitrogen and oxygen atoms in total. The molecule has 1 unspecified atom stereocenters. The van der Waals surface area contributed by atoms with E-state index in [0.29, 0.717) is 11.3 Å². The van der Waals surface area contributed by atoms with Gasteiger partial charge in [0.1, 0.15) is 17.5 Å². The maximum Gasteiger partial charge on any atom is 0.323 e. The molecule has 1 heterocycles. The van der Waals surface area contributed by atoms with Gasteiger partial charge in [-0.15, -0.1) is 0 Å². The van der Waals surface area contributed by atoms with Gasteiger partial charge in [0.15, 0.2) is 5.78 Å². The van der Waals surface area contributed by atoms with E-state index in [-0.39, 0.29) is 17.9 Å². The molecule has 8 heteroatoms. The third kappa shape index (κ3) is 5.26. The Kier molecular flexibility index (Phi) is 6.83. The lowest BCUT2D eigenvalue weighted by Crippen LogP contribution is -2.38. The molecule has 1 amide bonds.